The van der Waals surface area contributed by atoms with Gasteiger partial charge in [0.25, 0.3) is 5.56 Å². The summed E-state index contributed by atoms with van der Waals surface area (Å²) in [7, 11) is -0.917. The van der Waals surface area contributed by atoms with E-state index in [1.807, 2.05) is 44.2 Å². The van der Waals surface area contributed by atoms with Crippen LogP contribution < -0.4 is 5.56 Å². The highest BCUT2D eigenvalue weighted by molar-refractivity contribution is 7.23. The first-order valence-electron chi connectivity index (χ1n) is 10.6. The smallest absolute Gasteiger partial charge is 0.278 e. The van der Waals surface area contributed by atoms with Crippen molar-refractivity contribution in [2.75, 3.05) is 0 Å². The summed E-state index contributed by atoms with van der Waals surface area (Å²) in [5.41, 5.74) is 1.63. The second kappa shape index (κ2) is 14.8. The highest BCUT2D eigenvalue weighted by Gasteiger charge is 2.15. The highest BCUT2D eigenvalue weighted by atomic mass is 31.1. The third-order valence-electron chi connectivity index (χ3n) is 5.09. The fraction of sp³-hybridized carbons (Fsp3) is 0.500. The first-order chi connectivity index (χ1) is 14.6. The van der Waals surface area contributed by atoms with Crippen LogP contribution in [0.25, 0.3) is 16.9 Å². The quantitative estimate of drug-likeness (QED) is 0.501. The molecule has 0 bridgehead atoms. The van der Waals surface area contributed by atoms with E-state index in [0.717, 1.165) is 17.5 Å². The molecule has 0 atom stereocenters. The van der Waals surface area contributed by atoms with Crippen LogP contribution in [0.5, 0.6) is 0 Å². The Labute approximate surface area is 180 Å². The summed E-state index contributed by atoms with van der Waals surface area (Å²) in [5.74, 6) is 2.09. The van der Waals surface area contributed by atoms with E-state index in [4.69, 9.17) is 9.79 Å². The predicted molar refractivity (Wildman–Crippen MR) is 125 cm³/mol. The fourth-order valence-corrected chi connectivity index (χ4v) is 3.36. The molecular weight excluding hydrogens is 399 g/mol. The van der Waals surface area contributed by atoms with Gasteiger partial charge >= 0.3 is 0 Å². The van der Waals surface area contributed by atoms with Crippen molar-refractivity contribution in [3.63, 3.8) is 0 Å². The lowest BCUT2D eigenvalue weighted by Crippen LogP contribution is -2.10. The lowest BCUT2D eigenvalue weighted by molar-refractivity contribution is 0.284. The van der Waals surface area contributed by atoms with Crippen LogP contribution in [0.1, 0.15) is 59.8 Å². The Morgan fingerprint density at radius 1 is 1.10 bits per heavy atom. The van der Waals surface area contributed by atoms with Crippen molar-refractivity contribution in [3.8, 4) is 5.69 Å². The van der Waals surface area contributed by atoms with Crippen LogP contribution in [0, 0.1) is 11.8 Å². The molecule has 1 fully saturated rings. The van der Waals surface area contributed by atoms with E-state index >= 15 is 0 Å². The predicted octanol–water partition coefficient (Wildman–Crippen LogP) is 4.84. The van der Waals surface area contributed by atoms with Crippen LogP contribution in [0.2, 0.25) is 0 Å². The van der Waals surface area contributed by atoms with Gasteiger partial charge in [0.1, 0.15) is 15.4 Å². The van der Waals surface area contributed by atoms with Gasteiger partial charge in [-0.3, -0.25) is 9.36 Å². The van der Waals surface area contributed by atoms with Gasteiger partial charge in [-0.15, -0.1) is 0 Å². The number of aromatic nitrogens is 4. The third-order valence-corrected chi connectivity index (χ3v) is 5.09. The molecule has 1 aromatic carbocycles. The van der Waals surface area contributed by atoms with Crippen LogP contribution in [-0.4, -0.2) is 29.3 Å². The third kappa shape index (κ3) is 7.98. The number of rotatable bonds is 2. The molecule has 0 unspecified atom stereocenters. The molecular formula is C22H35N4O3P. The second-order valence-corrected chi connectivity index (χ2v) is 7.19. The topological polar surface area (TPSA) is 104 Å². The summed E-state index contributed by atoms with van der Waals surface area (Å²) in [5, 5.41) is 0. The number of fused-ring (bicyclic) bond motifs is 1. The van der Waals surface area contributed by atoms with E-state index in [0.29, 0.717) is 11.2 Å². The summed E-state index contributed by atoms with van der Waals surface area (Å²) in [6.07, 6.45) is 10.4. The second-order valence-electron chi connectivity index (χ2n) is 6.99. The molecule has 7 nitrogen and oxygen atoms in total. The van der Waals surface area contributed by atoms with E-state index in [1.54, 1.807) is 10.9 Å². The van der Waals surface area contributed by atoms with Gasteiger partial charge in [0.15, 0.2) is 11.2 Å². The number of benzene rings is 1. The Hall–Kier alpha value is -2.08. The molecule has 8 heteroatoms. The van der Waals surface area contributed by atoms with E-state index in [-0.39, 0.29) is 5.56 Å². The fourth-order valence-electron chi connectivity index (χ4n) is 3.36. The molecule has 4 rings (SSSR count). The first-order valence-corrected chi connectivity index (χ1v) is 11.5. The number of para-hydroxylation sites is 1. The standard InChI is InChI=1S/C11H8N4O.C9H18.C2H6.H3O2P/c16-11-9-10(12-6-13-11)15(7-14-9)8-4-2-1-3-5-8;1-3-9-6-4-8(2)5-7-9;1-2;1-3-2/h1-7H,(H,12,13,16);8-9H,3-7H2,1-2H3;1-2H3;1-3H. The molecule has 0 saturated heterocycles. The summed E-state index contributed by atoms with van der Waals surface area (Å²) in [6.45, 7) is 8.70. The van der Waals surface area contributed by atoms with Crippen molar-refractivity contribution in [2.45, 2.75) is 59.8 Å². The van der Waals surface area contributed by atoms with Crippen LogP contribution >= 0.6 is 9.03 Å². The largest absolute Gasteiger partial charge is 0.352 e. The molecule has 2 aromatic heterocycles. The number of hydrogen-bond acceptors (Lipinski definition) is 5. The molecule has 1 aliphatic carbocycles. The zero-order chi connectivity index (χ0) is 22.4. The normalized spacial score (nSPS) is 17.5. The van der Waals surface area contributed by atoms with Crippen LogP contribution in [0.15, 0.2) is 47.8 Å². The summed E-state index contributed by atoms with van der Waals surface area (Å²) < 4.78 is 1.78. The molecule has 0 spiro atoms. The maximum Gasteiger partial charge on any atom is 0.278 e. The van der Waals surface area contributed by atoms with Gasteiger partial charge in [-0.1, -0.05) is 78.0 Å². The lowest BCUT2D eigenvalue weighted by Gasteiger charge is -2.24. The zero-order valence-electron chi connectivity index (χ0n) is 18.4. The number of nitrogens with zero attached hydrogens (tertiary/aromatic N) is 3. The highest BCUT2D eigenvalue weighted by Crippen LogP contribution is 2.29. The molecule has 1 aliphatic rings. The maximum atomic E-state index is 11.5. The Kier molecular flexibility index (Phi) is 12.8. The van der Waals surface area contributed by atoms with Gasteiger partial charge in [-0.05, 0) is 24.0 Å². The molecule has 30 heavy (non-hydrogen) atoms. The summed E-state index contributed by atoms with van der Waals surface area (Å²) in [6, 6.07) is 9.65. The van der Waals surface area contributed by atoms with Crippen LogP contribution in [0.3, 0.4) is 0 Å². The van der Waals surface area contributed by atoms with E-state index in [9.17, 15) is 4.79 Å². The number of hydrogen-bond donors (Lipinski definition) is 3. The summed E-state index contributed by atoms with van der Waals surface area (Å²) in [4.78, 5) is 36.4. The Bertz CT molecular complexity index is 875. The van der Waals surface area contributed by atoms with Crippen molar-refractivity contribution in [1.29, 1.82) is 0 Å². The van der Waals surface area contributed by atoms with Gasteiger partial charge in [-0.25, -0.2) is 9.97 Å². The maximum absolute atomic E-state index is 11.5. The molecule has 0 amide bonds. The molecule has 166 valence electrons. The minimum Gasteiger partial charge on any atom is -0.352 e. The van der Waals surface area contributed by atoms with Crippen LogP contribution in [-0.2, 0) is 0 Å². The van der Waals surface area contributed by atoms with Crippen molar-refractivity contribution in [3.05, 3.63) is 53.3 Å². The Morgan fingerprint density at radius 3 is 2.27 bits per heavy atom. The van der Waals surface area contributed by atoms with E-state index in [1.165, 1.54) is 38.4 Å². The molecule has 3 N–H and O–H groups in total. The zero-order valence-corrected chi connectivity index (χ0v) is 19.4. The minimum absolute atomic E-state index is 0.223. The van der Waals surface area contributed by atoms with E-state index < -0.39 is 9.03 Å². The average molecular weight is 435 g/mol. The number of H-pyrrole nitrogens is 1. The monoisotopic (exact) mass is 434 g/mol. The molecule has 1 saturated carbocycles. The van der Waals surface area contributed by atoms with Crippen molar-refractivity contribution in [2.24, 2.45) is 11.8 Å². The van der Waals surface area contributed by atoms with E-state index in [2.05, 4.69) is 28.8 Å². The summed E-state index contributed by atoms with van der Waals surface area (Å²) >= 11 is 0. The van der Waals surface area contributed by atoms with Crippen molar-refractivity contribution < 1.29 is 9.79 Å². The SMILES string of the molecule is CC.CCC1CCC(C)CC1.O=c1[nH]cnc2c1ncn2-c1ccccc1.OPO. The Morgan fingerprint density at radius 2 is 1.70 bits per heavy atom. The van der Waals surface area contributed by atoms with Gasteiger partial charge < -0.3 is 14.8 Å². The van der Waals surface area contributed by atoms with Crippen molar-refractivity contribution >= 4 is 20.2 Å². The minimum atomic E-state index is -0.917. The first kappa shape index (κ1) is 26.0. The molecule has 3 aromatic rings. The number of aromatic amines is 1. The lowest BCUT2D eigenvalue weighted by atomic mass is 9.82. The number of imidazole rings is 1. The van der Waals surface area contributed by atoms with Gasteiger partial charge in [0, 0.05) is 5.69 Å². The average Bonchev–Trinajstić information content (AvgIpc) is 3.23. The molecule has 0 radical (unpaired) electrons. The van der Waals surface area contributed by atoms with Gasteiger partial charge in [0.2, 0.25) is 0 Å². The van der Waals surface area contributed by atoms with Crippen LogP contribution in [0.4, 0.5) is 0 Å². The van der Waals surface area contributed by atoms with Gasteiger partial charge in [-0.2, -0.15) is 0 Å². The van der Waals surface area contributed by atoms with Gasteiger partial charge in [0.05, 0.1) is 6.33 Å². The molecule has 0 aliphatic heterocycles. The Balaban J connectivity index is 0.000000274. The number of nitrogens with one attached hydrogen (secondary N) is 1. The van der Waals surface area contributed by atoms with Crippen molar-refractivity contribution in [1.82, 2.24) is 19.5 Å². The molecule has 2 heterocycles.